The molecule has 0 radical (unpaired) electrons. The largest absolute Gasteiger partial charge is 0.481 e. The van der Waals surface area contributed by atoms with Crippen LogP contribution in [0.3, 0.4) is 0 Å². The molecule has 2 atom stereocenters. The van der Waals surface area contributed by atoms with Crippen molar-refractivity contribution in [1.82, 2.24) is 4.90 Å². The monoisotopic (exact) mass is 479 g/mol. The first-order chi connectivity index (χ1) is 16.8. The van der Waals surface area contributed by atoms with Crippen LogP contribution in [-0.4, -0.2) is 45.5 Å². The third-order valence-corrected chi connectivity index (χ3v) is 6.26. The van der Waals surface area contributed by atoms with Crippen LogP contribution in [0.4, 0.5) is 8.78 Å². The standard InChI is InChI=1S/C27H23F2NO5/c28-22-11-10-18(15-23(22)29)17-8-5-16(6-9-17)7-12-24(31)21(27(34)35)13-14-30-25(32)19-3-1-2-4-20(19)26(30)33/h1-6,8-11,15,21,24,31H,7,12-14H2,(H,34,35)/t21-,24-/m1/s1. The van der Waals surface area contributed by atoms with Crippen LogP contribution < -0.4 is 0 Å². The summed E-state index contributed by atoms with van der Waals surface area (Å²) in [6.07, 6.45) is -0.718. The van der Waals surface area contributed by atoms with E-state index in [-0.39, 0.29) is 30.5 Å². The Hall–Kier alpha value is -3.91. The number of carboxylic acid groups (broad SMARTS) is 1. The van der Waals surface area contributed by atoms with E-state index in [1.165, 1.54) is 6.07 Å². The molecule has 2 N–H and O–H groups in total. The lowest BCUT2D eigenvalue weighted by molar-refractivity contribution is -0.146. The van der Waals surface area contributed by atoms with Gasteiger partial charge in [-0.2, -0.15) is 0 Å². The Kier molecular flexibility index (Phi) is 7.02. The molecule has 0 spiro atoms. The summed E-state index contributed by atoms with van der Waals surface area (Å²) < 4.78 is 26.6. The SMILES string of the molecule is O=C(O)[C@H](CCN1C(=O)c2ccccc2C1=O)[C@H](O)CCc1ccc(-c2ccc(F)c(F)c2)cc1. The molecule has 6 nitrogen and oxygen atoms in total. The summed E-state index contributed by atoms with van der Waals surface area (Å²) >= 11 is 0. The minimum absolute atomic E-state index is 0.0724. The molecule has 4 rings (SSSR count). The molecule has 1 heterocycles. The van der Waals surface area contributed by atoms with E-state index in [1.54, 1.807) is 48.5 Å². The first-order valence-electron chi connectivity index (χ1n) is 11.2. The van der Waals surface area contributed by atoms with Gasteiger partial charge in [-0.1, -0.05) is 42.5 Å². The van der Waals surface area contributed by atoms with E-state index in [9.17, 15) is 33.4 Å². The number of aliphatic hydroxyl groups excluding tert-OH is 1. The number of benzene rings is 3. The van der Waals surface area contributed by atoms with Gasteiger partial charge in [0.15, 0.2) is 11.6 Å². The number of carbonyl (C=O) groups excluding carboxylic acids is 2. The Morgan fingerprint density at radius 2 is 1.43 bits per heavy atom. The van der Waals surface area contributed by atoms with Crippen molar-refractivity contribution in [3.8, 4) is 11.1 Å². The van der Waals surface area contributed by atoms with Crippen LogP contribution in [0.5, 0.6) is 0 Å². The number of rotatable bonds is 9. The Bertz CT molecular complexity index is 1240. The van der Waals surface area contributed by atoms with Crippen molar-refractivity contribution >= 4 is 17.8 Å². The molecule has 8 heteroatoms. The number of aryl methyl sites for hydroxylation is 1. The fourth-order valence-electron chi connectivity index (χ4n) is 4.25. The van der Waals surface area contributed by atoms with Crippen LogP contribution in [0.15, 0.2) is 66.7 Å². The average molecular weight is 479 g/mol. The van der Waals surface area contributed by atoms with Gasteiger partial charge in [0.25, 0.3) is 11.8 Å². The Morgan fingerprint density at radius 1 is 0.829 bits per heavy atom. The van der Waals surface area contributed by atoms with Gasteiger partial charge in [-0.3, -0.25) is 19.3 Å². The second-order valence-electron chi connectivity index (χ2n) is 8.47. The van der Waals surface area contributed by atoms with Gasteiger partial charge in [0.2, 0.25) is 0 Å². The molecule has 0 saturated carbocycles. The third-order valence-electron chi connectivity index (χ3n) is 6.26. The van der Waals surface area contributed by atoms with Gasteiger partial charge < -0.3 is 10.2 Å². The highest BCUT2D eigenvalue weighted by atomic mass is 19.2. The maximum Gasteiger partial charge on any atom is 0.309 e. The van der Waals surface area contributed by atoms with Crippen molar-refractivity contribution in [3.63, 3.8) is 0 Å². The summed E-state index contributed by atoms with van der Waals surface area (Å²) in [7, 11) is 0. The lowest BCUT2D eigenvalue weighted by Crippen LogP contribution is -2.36. The smallest absolute Gasteiger partial charge is 0.309 e. The fraction of sp³-hybridized carbons (Fsp3) is 0.222. The van der Waals surface area contributed by atoms with Crippen molar-refractivity contribution in [2.45, 2.75) is 25.4 Å². The lowest BCUT2D eigenvalue weighted by Gasteiger charge is -2.22. The number of fused-ring (bicyclic) bond motifs is 1. The van der Waals surface area contributed by atoms with E-state index in [4.69, 9.17) is 0 Å². The van der Waals surface area contributed by atoms with E-state index in [0.29, 0.717) is 17.5 Å². The van der Waals surface area contributed by atoms with Crippen molar-refractivity contribution in [3.05, 3.63) is 95.1 Å². The van der Waals surface area contributed by atoms with Crippen LogP contribution in [0.2, 0.25) is 0 Å². The first-order valence-corrected chi connectivity index (χ1v) is 11.2. The van der Waals surface area contributed by atoms with E-state index in [0.717, 1.165) is 22.6 Å². The number of aliphatic hydroxyl groups is 1. The summed E-state index contributed by atoms with van der Waals surface area (Å²) in [6, 6.07) is 17.1. The van der Waals surface area contributed by atoms with Crippen LogP contribution in [0.1, 0.15) is 39.1 Å². The van der Waals surface area contributed by atoms with Crippen molar-refractivity contribution in [1.29, 1.82) is 0 Å². The van der Waals surface area contributed by atoms with Crippen LogP contribution in [-0.2, 0) is 11.2 Å². The molecule has 1 aliphatic heterocycles. The molecule has 3 aromatic carbocycles. The highest BCUT2D eigenvalue weighted by Crippen LogP contribution is 2.25. The van der Waals surface area contributed by atoms with Gasteiger partial charge >= 0.3 is 5.97 Å². The summed E-state index contributed by atoms with van der Waals surface area (Å²) in [5, 5.41) is 20.2. The number of hydrogen-bond donors (Lipinski definition) is 2. The van der Waals surface area contributed by atoms with Gasteiger partial charge in [0, 0.05) is 6.54 Å². The van der Waals surface area contributed by atoms with Crippen LogP contribution in [0.25, 0.3) is 11.1 Å². The fourth-order valence-corrected chi connectivity index (χ4v) is 4.25. The molecular formula is C27H23F2NO5. The number of hydrogen-bond acceptors (Lipinski definition) is 4. The normalized spacial score (nSPS) is 14.7. The lowest BCUT2D eigenvalue weighted by atomic mass is 9.93. The molecule has 0 saturated heterocycles. The highest BCUT2D eigenvalue weighted by molar-refractivity contribution is 6.21. The van der Waals surface area contributed by atoms with Gasteiger partial charge in [-0.25, -0.2) is 8.78 Å². The number of amides is 2. The summed E-state index contributed by atoms with van der Waals surface area (Å²) in [4.78, 5) is 37.8. The number of nitrogens with zero attached hydrogens (tertiary/aromatic N) is 1. The maximum atomic E-state index is 13.5. The molecule has 35 heavy (non-hydrogen) atoms. The van der Waals surface area contributed by atoms with Crippen LogP contribution in [0, 0.1) is 17.6 Å². The minimum atomic E-state index is -1.21. The number of carbonyl (C=O) groups is 3. The van der Waals surface area contributed by atoms with Gasteiger partial charge in [0.05, 0.1) is 23.1 Å². The third kappa shape index (κ3) is 5.12. The highest BCUT2D eigenvalue weighted by Gasteiger charge is 2.36. The van der Waals surface area contributed by atoms with Gasteiger partial charge in [0.1, 0.15) is 0 Å². The van der Waals surface area contributed by atoms with E-state index >= 15 is 0 Å². The maximum absolute atomic E-state index is 13.5. The van der Waals surface area contributed by atoms with E-state index < -0.39 is 41.4 Å². The molecule has 2 amide bonds. The number of aliphatic carboxylic acids is 1. The number of imide groups is 1. The first kappa shape index (κ1) is 24.2. The molecule has 0 bridgehead atoms. The predicted molar refractivity (Wildman–Crippen MR) is 124 cm³/mol. The average Bonchev–Trinajstić information content (AvgIpc) is 3.09. The second kappa shape index (κ2) is 10.1. The summed E-state index contributed by atoms with van der Waals surface area (Å²) in [5.41, 5.74) is 2.63. The topological polar surface area (TPSA) is 94.9 Å². The zero-order chi connectivity index (χ0) is 25.1. The Labute approximate surface area is 200 Å². The van der Waals surface area contributed by atoms with Crippen LogP contribution >= 0.6 is 0 Å². The molecule has 1 aliphatic rings. The zero-order valence-corrected chi connectivity index (χ0v) is 18.7. The molecular weight excluding hydrogens is 456 g/mol. The van der Waals surface area contributed by atoms with Crippen molar-refractivity contribution in [2.24, 2.45) is 5.92 Å². The van der Waals surface area contributed by atoms with E-state index in [1.807, 2.05) is 0 Å². The minimum Gasteiger partial charge on any atom is -0.481 e. The second-order valence-corrected chi connectivity index (χ2v) is 8.47. The molecule has 180 valence electrons. The summed E-state index contributed by atoms with van der Waals surface area (Å²) in [6.45, 7) is -0.108. The molecule has 0 aliphatic carbocycles. The quantitative estimate of drug-likeness (QED) is 0.446. The number of halogens is 2. The van der Waals surface area contributed by atoms with Crippen molar-refractivity contribution < 1.29 is 33.4 Å². The van der Waals surface area contributed by atoms with E-state index in [2.05, 4.69) is 0 Å². The van der Waals surface area contributed by atoms with Gasteiger partial charge in [-0.15, -0.1) is 0 Å². The Balaban J connectivity index is 1.35. The molecule has 0 unspecified atom stereocenters. The molecule has 3 aromatic rings. The van der Waals surface area contributed by atoms with Gasteiger partial charge in [-0.05, 0) is 60.2 Å². The zero-order valence-electron chi connectivity index (χ0n) is 18.7. The Morgan fingerprint density at radius 3 is 2.00 bits per heavy atom. The molecule has 0 fully saturated rings. The van der Waals surface area contributed by atoms with Crippen molar-refractivity contribution in [2.75, 3.05) is 6.54 Å². The summed E-state index contributed by atoms with van der Waals surface area (Å²) in [5.74, 6) is -5.15. The predicted octanol–water partition coefficient (Wildman–Crippen LogP) is 4.31. The molecule has 0 aromatic heterocycles. The number of carboxylic acids is 1.